The monoisotopic (exact) mass is 1580 g/mol. The number of ether oxygens (including phenoxy) is 1. The summed E-state index contributed by atoms with van der Waals surface area (Å²) in [5.41, 5.74) is 13.6. The number of primary amides is 1. The minimum Gasteiger partial charge on any atom is -0.481 e. The number of carbonyl (C=O) groups is 4. The number of carboxylic acid groups (broad SMARTS) is 1. The lowest BCUT2D eigenvalue weighted by Crippen LogP contribution is -2.30. The Labute approximate surface area is 637 Å². The number of pyridine rings is 3. The van der Waals surface area contributed by atoms with Crippen LogP contribution in [0, 0.1) is 17.5 Å². The molecular formula is C81H83F3N6O16S4. The Morgan fingerprint density at radius 2 is 0.900 bits per heavy atom. The van der Waals surface area contributed by atoms with Crippen LogP contribution in [0.25, 0.3) is 33.4 Å². The van der Waals surface area contributed by atoms with Gasteiger partial charge in [-0.3, -0.25) is 47.8 Å². The van der Waals surface area contributed by atoms with Crippen molar-refractivity contribution in [2.45, 2.75) is 106 Å². The number of aliphatic imine (C=N–C) groups is 2. The fraction of sp³-hybridized carbons (Fsp3) is 0.296. The number of aromatic nitrogens is 3. The van der Waals surface area contributed by atoms with Gasteiger partial charge in [0.15, 0.2) is 35.3 Å². The Kier molecular flexibility index (Phi) is 25.3. The molecule has 2 aliphatic heterocycles. The van der Waals surface area contributed by atoms with Crippen LogP contribution in [-0.2, 0) is 97.8 Å². The van der Waals surface area contributed by atoms with E-state index in [9.17, 15) is 81.3 Å². The van der Waals surface area contributed by atoms with E-state index in [1.807, 2.05) is 20.8 Å². The number of rotatable bonds is 20. The molecule has 0 radical (unpaired) electrons. The zero-order valence-corrected chi connectivity index (χ0v) is 65.7. The maximum atomic E-state index is 13.8. The first-order valence-electron chi connectivity index (χ1n) is 34.3. The Morgan fingerprint density at radius 1 is 0.518 bits per heavy atom. The van der Waals surface area contributed by atoms with Gasteiger partial charge in [-0.1, -0.05) is 36.4 Å². The van der Waals surface area contributed by atoms with E-state index in [1.54, 1.807) is 114 Å². The van der Waals surface area contributed by atoms with Crippen LogP contribution in [0.2, 0.25) is 0 Å². The topological polar surface area (TPSA) is 334 Å². The van der Waals surface area contributed by atoms with Crippen molar-refractivity contribution in [3.8, 4) is 33.4 Å². The average Bonchev–Trinajstić information content (AvgIpc) is 1.54. The van der Waals surface area contributed by atoms with Crippen LogP contribution >= 0.6 is 0 Å². The number of aryl methyl sites for hydroxylation is 3. The van der Waals surface area contributed by atoms with Gasteiger partial charge in [-0.15, -0.1) is 0 Å². The number of sulfone groups is 3. The van der Waals surface area contributed by atoms with Gasteiger partial charge in [-0.05, 0) is 183 Å². The molecule has 578 valence electrons. The number of carbonyl (C=O) groups excluding carboxylic acids is 3. The minimum absolute atomic E-state index is 0.0210. The Bertz CT molecular complexity index is 5560. The highest BCUT2D eigenvalue weighted by Crippen LogP contribution is 2.42. The van der Waals surface area contributed by atoms with Crippen LogP contribution in [0.3, 0.4) is 0 Å². The van der Waals surface area contributed by atoms with Gasteiger partial charge >= 0.3 is 11.9 Å². The van der Waals surface area contributed by atoms with Gasteiger partial charge < -0.3 is 29.3 Å². The molecule has 6 aromatic carbocycles. The van der Waals surface area contributed by atoms with Crippen LogP contribution in [0.15, 0.2) is 189 Å². The number of halogens is 3. The number of nitrogens with two attached hydrogens (primary N) is 1. The van der Waals surface area contributed by atoms with Gasteiger partial charge in [-0.25, -0.2) is 38.4 Å². The van der Waals surface area contributed by atoms with E-state index in [0.29, 0.717) is 100 Å². The molecule has 0 saturated carbocycles. The molecule has 22 nitrogen and oxygen atoms in total. The van der Waals surface area contributed by atoms with Gasteiger partial charge in [0.05, 0.1) is 60.0 Å². The van der Waals surface area contributed by atoms with E-state index in [1.165, 1.54) is 106 Å². The first kappa shape index (κ1) is 83.4. The maximum Gasteiger partial charge on any atom is 0.306 e. The van der Waals surface area contributed by atoms with E-state index in [2.05, 4.69) is 0 Å². The predicted octanol–water partition coefficient (Wildman–Crippen LogP) is 10.9. The molecule has 3 aromatic heterocycles. The number of esters is 1. The third-order valence-electron chi connectivity index (χ3n) is 17.6. The van der Waals surface area contributed by atoms with Crippen molar-refractivity contribution < 1.29 is 71.7 Å². The summed E-state index contributed by atoms with van der Waals surface area (Å²) in [6, 6.07) is 34.0. The summed E-state index contributed by atoms with van der Waals surface area (Å²) in [5.74, 6) is -5.38. The summed E-state index contributed by atoms with van der Waals surface area (Å²) in [6.45, 7) is 10.6. The van der Waals surface area contributed by atoms with Crippen molar-refractivity contribution in [2.75, 3.05) is 24.5 Å². The van der Waals surface area contributed by atoms with Crippen molar-refractivity contribution in [2.24, 2.45) is 36.9 Å². The zero-order valence-electron chi connectivity index (χ0n) is 62.4. The highest BCUT2D eigenvalue weighted by atomic mass is 32.2. The van der Waals surface area contributed by atoms with E-state index < -0.39 is 115 Å². The second-order valence-corrected chi connectivity index (χ2v) is 38.0. The number of nitrogens with zero attached hydrogens (tertiary/aromatic N) is 5. The average molecular weight is 1580 g/mol. The molecule has 1 amide bonds. The normalized spacial score (nSPS) is 14.6. The molecule has 4 atom stereocenters. The number of hydrogen-bond acceptors (Lipinski definition) is 17. The molecule has 110 heavy (non-hydrogen) atoms. The van der Waals surface area contributed by atoms with Crippen LogP contribution in [-0.4, -0.2) is 118 Å². The van der Waals surface area contributed by atoms with Crippen LogP contribution in [0.1, 0.15) is 150 Å². The maximum absolute atomic E-state index is 13.8. The first-order valence-corrected chi connectivity index (χ1v) is 41.8. The summed E-state index contributed by atoms with van der Waals surface area (Å²) in [5, 5.41) is 9.52. The van der Waals surface area contributed by atoms with Crippen molar-refractivity contribution >= 4 is 75.4 Å². The molecular weight excluding hydrogens is 1500 g/mol. The molecule has 3 N–H and O–H groups in total. The number of ketones is 1. The lowest BCUT2D eigenvalue weighted by molar-refractivity contribution is -0.155. The number of carboxylic acids is 1. The summed E-state index contributed by atoms with van der Waals surface area (Å²) >= 11 is 0. The van der Waals surface area contributed by atoms with Crippen LogP contribution in [0.4, 0.5) is 13.2 Å². The van der Waals surface area contributed by atoms with Gasteiger partial charge in [0.2, 0.25) is 5.91 Å². The number of aliphatic carboxylic acids is 1. The quantitative estimate of drug-likeness (QED) is 0.0529. The lowest BCUT2D eigenvalue weighted by Gasteiger charge is -2.27. The van der Waals surface area contributed by atoms with Crippen molar-refractivity contribution in [3.05, 3.63) is 279 Å². The zero-order chi connectivity index (χ0) is 81.0. The highest BCUT2D eigenvalue weighted by molar-refractivity contribution is 7.90. The summed E-state index contributed by atoms with van der Waals surface area (Å²) in [7, 11) is -6.77. The molecule has 0 saturated heterocycles. The van der Waals surface area contributed by atoms with E-state index in [0.717, 1.165) is 18.8 Å². The number of benzene rings is 6. The van der Waals surface area contributed by atoms with Crippen molar-refractivity contribution in [1.29, 1.82) is 0 Å². The Morgan fingerprint density at radius 3 is 1.29 bits per heavy atom. The molecule has 0 aliphatic carbocycles. The number of fused-ring (bicyclic) bond motifs is 6. The predicted molar refractivity (Wildman–Crippen MR) is 418 cm³/mol. The van der Waals surface area contributed by atoms with Crippen LogP contribution < -0.4 is 22.4 Å². The molecule has 2 aliphatic rings. The molecule has 0 fully saturated rings. The molecule has 0 bridgehead atoms. The SMILES string of the molecule is Cn1cc(-c2cc(CS(C)(=O)=O)ccc2C(=O)c2ccc(F)cc2)c([C@H](CC(=O)OC(C)(C)C)C[S@@](=O)C(C)(C)C)cc1=O.Cn1cc2c(cc1=O)[C@H](CC(=O)O)N=C(c1ccc(F)cc1)c1ccc(CS(C)(=O)=O)cc1-2.Cn1cc2c(cc1=O)[C@H](CC(N)=O)N=C(c1ccc(F)cc1)c1ccc(CS(C)(=O)=O)cc1-2. The molecule has 11 rings (SSSR count). The first-order chi connectivity index (χ1) is 51.2. The molecule has 0 spiro atoms. The van der Waals surface area contributed by atoms with E-state index in [4.69, 9.17) is 20.5 Å². The fourth-order valence-corrected chi connectivity index (χ4v) is 16.2. The second-order valence-electron chi connectivity index (χ2n) is 29.3. The largest absolute Gasteiger partial charge is 0.481 e. The Balaban J connectivity index is 0.000000193. The van der Waals surface area contributed by atoms with Crippen LogP contribution in [0.5, 0.6) is 0 Å². The third-order valence-corrected chi connectivity index (χ3v) is 22.3. The number of amides is 1. The van der Waals surface area contributed by atoms with E-state index in [-0.39, 0.29) is 64.5 Å². The third kappa shape index (κ3) is 21.7. The second kappa shape index (κ2) is 33.3. The summed E-state index contributed by atoms with van der Waals surface area (Å²) in [6.07, 6.45) is 7.51. The molecule has 29 heteroatoms. The highest BCUT2D eigenvalue weighted by Gasteiger charge is 2.34. The van der Waals surface area contributed by atoms with Crippen molar-refractivity contribution in [1.82, 2.24) is 13.7 Å². The minimum atomic E-state index is -3.46. The van der Waals surface area contributed by atoms with Gasteiger partial charge in [0.1, 0.15) is 23.1 Å². The smallest absolute Gasteiger partial charge is 0.306 e. The molecule has 0 unspecified atom stereocenters. The lowest BCUT2D eigenvalue weighted by atomic mass is 9.86. The Hall–Kier alpha value is -10.6. The van der Waals surface area contributed by atoms with E-state index >= 15 is 0 Å². The van der Waals surface area contributed by atoms with Gasteiger partial charge in [0, 0.05) is 154 Å². The fourth-order valence-electron chi connectivity index (χ4n) is 12.7. The molecule has 9 aromatic rings. The van der Waals surface area contributed by atoms with Gasteiger partial charge in [0.25, 0.3) is 16.7 Å². The number of hydrogen-bond donors (Lipinski definition) is 2. The summed E-state index contributed by atoms with van der Waals surface area (Å²) in [4.78, 5) is 97.9. The summed E-state index contributed by atoms with van der Waals surface area (Å²) < 4.78 is 135. The standard InChI is InChI=1S/C33H40FNO7S2.C24H22FN3O4S.C24H21FN2O5S/c1-32(2,3)42-30(37)16-23(19-43(39)33(4,5)6)26-17-29(36)35(7)18-28(26)27-15-21(20-44(8,40)41)9-14-25(27)31(38)22-10-12-24(34)13-11-22;1-28-12-20-18-9-14(13-33(2,31)32)3-8-17(18)24(15-4-6-16(25)7-5-15)27-21(11-22(26)29)19(20)10-23(28)30;1-27-12-20-18-9-14(13-33(2,31)32)3-8-17(18)24(15-4-6-16(25)7-5-15)26-21(11-23(29)30)19(20)10-22(27)28/h9-15,17-18,23H,16,19-20H2,1-8H3;3-10,12,21H,11,13H2,1-2H3,(H2,26,29);3-10,12,21H,11,13H2,1-2H3,(H,29,30)/t23-,43-;2*21-/m100/s1. The van der Waals surface area contributed by atoms with Crippen molar-refractivity contribution in [3.63, 3.8) is 0 Å². The molecule has 5 heterocycles. The van der Waals surface area contributed by atoms with Gasteiger partial charge in [-0.2, -0.15) is 0 Å².